The van der Waals surface area contributed by atoms with Crippen LogP contribution >= 0.6 is 23.2 Å². The van der Waals surface area contributed by atoms with Gasteiger partial charge in [-0.15, -0.1) is 0 Å². The molecule has 6 aliphatic heterocycles. The molecule has 20 N–H and O–H groups in total. The number of phenols is 6. The summed E-state index contributed by atoms with van der Waals surface area (Å²) in [6.07, 6.45) is 6.56. The molecule has 0 aliphatic carbocycles. The van der Waals surface area contributed by atoms with Crippen molar-refractivity contribution < 1.29 is 93.0 Å². The van der Waals surface area contributed by atoms with Crippen LogP contribution in [-0.4, -0.2) is 147 Å². The number of aliphatic hydroxyl groups is 1. The SMILES string of the molecule is CCCCCCCCCCNCc1c(O)cc2c(c1O)-c1cc(ccc1O)[C@@H]1NC(=O)[C@H]3NC(=O)[C@H]4NC(=O)[C@H](Cc5ccc(c(Cl)c5)Oc5cc3cc(c5O)Oc3ccc(cc3Cl)C(O)[C@H](NC1=O)C(=O)N[C@@H]2C(=O)NCCCNCCCNCCCN)NC(=O)[C@@H](NC(=O)OC(C)(C)C)c1ccc(O)c(c1)Oc1cc(O)cc4c1. The van der Waals surface area contributed by atoms with Crippen molar-refractivity contribution in [1.29, 1.82) is 0 Å². The molecular weight excluding hydrogens is 1540 g/mol. The molecule has 0 saturated carbocycles. The van der Waals surface area contributed by atoms with Gasteiger partial charge in [-0.1, -0.05) is 99.3 Å². The lowest BCUT2D eigenvalue weighted by Crippen LogP contribution is -2.56. The molecule has 6 heterocycles. The first-order valence-corrected chi connectivity index (χ1v) is 39.5. The second-order valence-electron chi connectivity index (χ2n) is 29.9. The lowest BCUT2D eigenvalue weighted by atomic mass is 9.87. The molecule has 1 unspecified atom stereocenters. The van der Waals surface area contributed by atoms with Gasteiger partial charge in [-0.2, -0.15) is 0 Å². The normalized spacial score (nSPS) is 19.4. The number of alkyl carbamates (subject to hydrolysis) is 1. The number of hydrogen-bond acceptors (Lipinski definition) is 23. The van der Waals surface area contributed by atoms with Crippen molar-refractivity contribution in [3.8, 4) is 80.1 Å². The van der Waals surface area contributed by atoms with Gasteiger partial charge in [0.05, 0.1) is 15.6 Å². The topological polar surface area (TPSA) is 473 Å². The van der Waals surface area contributed by atoms with Crippen LogP contribution < -0.4 is 78.4 Å². The molecule has 6 aliphatic rings. The maximum Gasteiger partial charge on any atom is 0.408 e. The molecule has 0 saturated heterocycles. The Bertz CT molecular complexity index is 4810. The molecule has 0 aromatic heterocycles. The third-order valence-electron chi connectivity index (χ3n) is 20.0. The smallest absolute Gasteiger partial charge is 0.408 e. The minimum atomic E-state index is -2.22. The Labute approximate surface area is 679 Å². The van der Waals surface area contributed by atoms with E-state index in [0.29, 0.717) is 32.6 Å². The predicted octanol–water partition coefficient (Wildman–Crippen LogP) is 9.12. The number of halogens is 2. The van der Waals surface area contributed by atoms with E-state index >= 15 is 28.8 Å². The second kappa shape index (κ2) is 38.9. The van der Waals surface area contributed by atoms with Crippen LogP contribution in [0.5, 0.6) is 69.0 Å². The van der Waals surface area contributed by atoms with Gasteiger partial charge in [0.1, 0.15) is 94.2 Å². The molecule has 116 heavy (non-hydrogen) atoms. The zero-order chi connectivity index (χ0) is 83.1. The quantitative estimate of drug-likeness (QED) is 0.0251. The number of aliphatic hydroxyl groups excluding tert-OH is 1. The summed E-state index contributed by atoms with van der Waals surface area (Å²) in [5, 5.41) is 116. The first-order chi connectivity index (χ1) is 55.6. The second-order valence-corrected chi connectivity index (χ2v) is 30.7. The van der Waals surface area contributed by atoms with E-state index in [1.165, 1.54) is 66.7 Å². The number of nitrogens with one attached hydrogen (secondary N) is 11. The summed E-state index contributed by atoms with van der Waals surface area (Å²) >= 11 is 14.1. The summed E-state index contributed by atoms with van der Waals surface area (Å²) in [4.78, 5) is 123. The van der Waals surface area contributed by atoms with Gasteiger partial charge in [0.25, 0.3) is 0 Å². The van der Waals surface area contributed by atoms with Crippen molar-refractivity contribution in [2.24, 2.45) is 5.73 Å². The van der Waals surface area contributed by atoms with Gasteiger partial charge in [-0.3, -0.25) is 33.6 Å². The Morgan fingerprint density at radius 3 is 1.76 bits per heavy atom. The summed E-state index contributed by atoms with van der Waals surface area (Å²) in [6.45, 7) is 10.4. The maximum atomic E-state index is 16.3. The fraction of sp³-hybridized carbons (Fsp3) is 0.398. The minimum Gasteiger partial charge on any atom is -0.508 e. The van der Waals surface area contributed by atoms with Crippen LogP contribution in [0.25, 0.3) is 11.1 Å². The minimum absolute atomic E-state index is 0.00304. The molecule has 618 valence electrons. The first kappa shape index (κ1) is 85.6. The Morgan fingerprint density at radius 2 is 1.09 bits per heavy atom. The standard InChI is InChI=1S/C83H98Cl2N12O19/c1-5-6-7-8-9-10-11-12-25-89-42-53-59(101)41-52-65(73(53)103)51-35-44(17-20-57(51)99)66-78(108)96-71(81(111)95-70(52)76(106)90-30-15-29-88-28-14-27-87-26-13-24-86)72(102)46-19-23-61(55(85)36-46)115-64-39-48-38-63(74(64)104)114-60-22-16-43(31-54(60)84)32-56-75(105)92-68(79(109)94-69(48)80(110)93-66)47-33-49(98)40-50(34-47)113-62-37-45(18-21-58(62)100)67(77(107)91-56)97-82(112)116-83(2,3)4/h16-23,31,33-41,56,66-72,87-89,98-104H,5-15,24-30,32,42,86H2,1-4H3,(H,90,106)(H,91,107)(H,92,105)(H,93,110)(H,94,109)(H,95,111)(H,96,108)(H,97,112)/t56-,66-,67-,68-,69-,70-,71-,72?/m0/s1. The lowest BCUT2D eigenvalue weighted by molar-refractivity contribution is -0.137. The van der Waals surface area contributed by atoms with Gasteiger partial charge in [-0.05, 0) is 204 Å². The summed E-state index contributed by atoms with van der Waals surface area (Å²) in [7, 11) is 0. The van der Waals surface area contributed by atoms with Crippen LogP contribution in [0.15, 0.2) is 109 Å². The number of nitrogens with two attached hydrogens (primary N) is 1. The van der Waals surface area contributed by atoms with E-state index < -0.39 is 154 Å². The number of ether oxygens (including phenoxy) is 4. The van der Waals surface area contributed by atoms with Crippen molar-refractivity contribution in [3.05, 3.63) is 164 Å². The third kappa shape index (κ3) is 21.4. The highest BCUT2D eigenvalue weighted by Gasteiger charge is 2.42. The number of carbonyl (C=O) groups is 8. The molecule has 0 radical (unpaired) electrons. The average Bonchev–Trinajstić information content (AvgIpc) is 0.754. The van der Waals surface area contributed by atoms with Crippen LogP contribution in [-0.2, 0) is 51.3 Å². The molecule has 7 aromatic carbocycles. The van der Waals surface area contributed by atoms with Crippen LogP contribution in [0.2, 0.25) is 10.0 Å². The van der Waals surface area contributed by atoms with Gasteiger partial charge in [-0.25, -0.2) is 4.79 Å². The molecule has 17 bridgehead atoms. The van der Waals surface area contributed by atoms with Crippen molar-refractivity contribution in [2.75, 3.05) is 45.8 Å². The summed E-state index contributed by atoms with van der Waals surface area (Å²) in [5.74, 6) is -14.0. The molecule has 0 spiro atoms. The van der Waals surface area contributed by atoms with E-state index in [1.54, 1.807) is 20.8 Å². The van der Waals surface area contributed by atoms with Crippen molar-refractivity contribution in [2.45, 2.75) is 165 Å². The Morgan fingerprint density at radius 1 is 0.517 bits per heavy atom. The molecule has 0 fully saturated rings. The molecule has 8 atom stereocenters. The van der Waals surface area contributed by atoms with E-state index in [9.17, 15) is 45.3 Å². The first-order valence-electron chi connectivity index (χ1n) is 38.7. The molecule has 8 amide bonds. The van der Waals surface area contributed by atoms with Gasteiger partial charge < -0.3 is 119 Å². The van der Waals surface area contributed by atoms with Crippen LogP contribution in [0.4, 0.5) is 4.79 Å². The van der Waals surface area contributed by atoms with E-state index in [-0.39, 0.29) is 102 Å². The van der Waals surface area contributed by atoms with E-state index in [4.69, 9.17) is 47.9 Å². The fourth-order valence-electron chi connectivity index (χ4n) is 14.0. The highest BCUT2D eigenvalue weighted by molar-refractivity contribution is 6.32. The van der Waals surface area contributed by atoms with Gasteiger partial charge in [0.2, 0.25) is 47.1 Å². The van der Waals surface area contributed by atoms with Crippen molar-refractivity contribution >= 4 is 70.6 Å². The largest absolute Gasteiger partial charge is 0.508 e. The summed E-state index contributed by atoms with van der Waals surface area (Å²) in [5.41, 5.74) is 2.75. The maximum absolute atomic E-state index is 16.3. The Kier molecular flexibility index (Phi) is 28.7. The average molecular weight is 1640 g/mol. The van der Waals surface area contributed by atoms with Crippen molar-refractivity contribution in [1.82, 2.24) is 58.5 Å². The number of aromatic hydroxyl groups is 6. The molecule has 33 heteroatoms. The van der Waals surface area contributed by atoms with Gasteiger partial charge >= 0.3 is 6.09 Å². The highest BCUT2D eigenvalue weighted by Crippen LogP contribution is 2.49. The lowest BCUT2D eigenvalue weighted by Gasteiger charge is -2.32. The monoisotopic (exact) mass is 1640 g/mol. The number of amides is 8. The number of fused-ring (bicyclic) bond motifs is 14. The number of rotatable bonds is 24. The zero-order valence-electron chi connectivity index (χ0n) is 64.5. The Balaban J connectivity index is 1.06. The number of carbonyl (C=O) groups excluding carboxylic acids is 8. The summed E-state index contributed by atoms with van der Waals surface area (Å²) < 4.78 is 24.4. The zero-order valence-corrected chi connectivity index (χ0v) is 66.0. The molecule has 31 nitrogen and oxygen atoms in total. The predicted molar refractivity (Wildman–Crippen MR) is 428 cm³/mol. The van der Waals surface area contributed by atoms with Gasteiger partial charge in [0.15, 0.2) is 23.0 Å². The van der Waals surface area contributed by atoms with Crippen LogP contribution in [0.1, 0.15) is 179 Å². The fourth-order valence-corrected chi connectivity index (χ4v) is 14.4. The van der Waals surface area contributed by atoms with E-state index in [1.807, 2.05) is 0 Å². The molecule has 7 aromatic rings. The molecule has 13 rings (SSSR count). The Hall–Kier alpha value is -11.3. The van der Waals surface area contributed by atoms with Crippen LogP contribution in [0, 0.1) is 0 Å². The number of phenolic OH excluding ortho intramolecular Hbond substituents is 6. The number of benzene rings is 7. The van der Waals surface area contributed by atoms with Crippen LogP contribution in [0.3, 0.4) is 0 Å². The number of hydrogen-bond donors (Lipinski definition) is 19. The van der Waals surface area contributed by atoms with Crippen molar-refractivity contribution in [3.63, 3.8) is 0 Å². The third-order valence-corrected chi connectivity index (χ3v) is 20.5. The number of unbranched alkanes of at least 4 members (excludes halogenated alkanes) is 7. The van der Waals surface area contributed by atoms with E-state index in [2.05, 4.69) is 65.4 Å². The highest BCUT2D eigenvalue weighted by atomic mass is 35.5. The van der Waals surface area contributed by atoms with Gasteiger partial charge in [0, 0.05) is 36.7 Å². The summed E-state index contributed by atoms with van der Waals surface area (Å²) in [6, 6.07) is 7.81. The van der Waals surface area contributed by atoms with E-state index in [0.717, 1.165) is 120 Å². The molecular formula is C83H98Cl2N12O19.